The zero-order valence-corrected chi connectivity index (χ0v) is 15.7. The fourth-order valence-corrected chi connectivity index (χ4v) is 4.34. The molecule has 2 aromatic carbocycles. The van der Waals surface area contributed by atoms with Gasteiger partial charge in [0.1, 0.15) is 0 Å². The Morgan fingerprint density at radius 2 is 1.64 bits per heavy atom. The summed E-state index contributed by atoms with van der Waals surface area (Å²) in [5.74, 6) is 0. The Bertz CT molecular complexity index is 1320. The maximum atomic E-state index is 13.0. The zero-order chi connectivity index (χ0) is 18.9. The molecular weight excluding hydrogens is 364 g/mol. The fourth-order valence-electron chi connectivity index (χ4n) is 3.57. The number of pyridine rings is 2. The van der Waals surface area contributed by atoms with Crippen LogP contribution in [0.3, 0.4) is 0 Å². The zero-order valence-electron chi connectivity index (χ0n) is 14.9. The largest absolute Gasteiger partial charge is 0.321 e. The lowest BCUT2D eigenvalue weighted by Crippen LogP contribution is -2.10. The predicted molar refractivity (Wildman–Crippen MR) is 117 cm³/mol. The number of hydrogen-bond donors (Lipinski definition) is 1. The molecule has 0 unspecified atom stereocenters. The Kier molecular flexibility index (Phi) is 4.11. The van der Waals surface area contributed by atoms with Crippen molar-refractivity contribution in [3.63, 3.8) is 0 Å². The van der Waals surface area contributed by atoms with E-state index in [0.717, 1.165) is 38.2 Å². The molecule has 0 saturated heterocycles. The smallest absolute Gasteiger partial charge is 0.257 e. The average Bonchev–Trinajstić information content (AvgIpc) is 3.28. The van der Waals surface area contributed by atoms with Crippen molar-refractivity contribution in [3.05, 3.63) is 101 Å². The molecule has 0 aliphatic rings. The summed E-state index contributed by atoms with van der Waals surface area (Å²) in [6.07, 6.45) is 1.79. The van der Waals surface area contributed by atoms with Crippen LogP contribution in [0.1, 0.15) is 0 Å². The highest BCUT2D eigenvalue weighted by molar-refractivity contribution is 7.13. The second kappa shape index (κ2) is 6.91. The van der Waals surface area contributed by atoms with Crippen molar-refractivity contribution in [1.29, 1.82) is 0 Å². The molecule has 3 nitrogen and oxygen atoms in total. The summed E-state index contributed by atoms with van der Waals surface area (Å²) in [4.78, 5) is 21.5. The van der Waals surface area contributed by atoms with Gasteiger partial charge in [0.25, 0.3) is 5.56 Å². The summed E-state index contributed by atoms with van der Waals surface area (Å²) < 4.78 is 0. The lowest BCUT2D eigenvalue weighted by atomic mass is 9.93. The van der Waals surface area contributed by atoms with Crippen LogP contribution in [0.2, 0.25) is 0 Å². The first-order chi connectivity index (χ1) is 13.8. The van der Waals surface area contributed by atoms with Crippen LogP contribution in [0.4, 0.5) is 0 Å². The molecule has 0 atom stereocenters. The van der Waals surface area contributed by atoms with Gasteiger partial charge in [-0.05, 0) is 41.3 Å². The van der Waals surface area contributed by atoms with Crippen LogP contribution >= 0.6 is 11.3 Å². The van der Waals surface area contributed by atoms with Gasteiger partial charge >= 0.3 is 0 Å². The molecule has 0 spiro atoms. The van der Waals surface area contributed by atoms with Crippen molar-refractivity contribution < 1.29 is 0 Å². The van der Waals surface area contributed by atoms with Gasteiger partial charge in [0, 0.05) is 33.1 Å². The van der Waals surface area contributed by atoms with Crippen molar-refractivity contribution in [3.8, 4) is 32.8 Å². The number of nitrogens with one attached hydrogen (secondary N) is 1. The number of H-pyrrole nitrogens is 1. The Hall–Kier alpha value is -3.50. The molecular formula is C24H16N2OS. The van der Waals surface area contributed by atoms with E-state index in [0.29, 0.717) is 5.56 Å². The lowest BCUT2D eigenvalue weighted by molar-refractivity contribution is 1.31. The number of para-hydroxylation sites is 1. The normalized spacial score (nSPS) is 11.0. The number of thiophene rings is 1. The van der Waals surface area contributed by atoms with Gasteiger partial charge < -0.3 is 4.98 Å². The summed E-state index contributed by atoms with van der Waals surface area (Å²) in [7, 11) is 0. The monoisotopic (exact) mass is 380 g/mol. The first-order valence-electron chi connectivity index (χ1n) is 9.02. The number of fused-ring (bicyclic) bond motifs is 1. The number of aromatic nitrogens is 2. The van der Waals surface area contributed by atoms with Gasteiger partial charge in [-0.25, -0.2) is 0 Å². The Balaban J connectivity index is 1.84. The van der Waals surface area contributed by atoms with E-state index in [2.05, 4.69) is 28.2 Å². The molecule has 4 heteroatoms. The van der Waals surface area contributed by atoms with Crippen molar-refractivity contribution in [1.82, 2.24) is 9.97 Å². The summed E-state index contributed by atoms with van der Waals surface area (Å²) in [5.41, 5.74) is 5.39. The van der Waals surface area contributed by atoms with Gasteiger partial charge in [0.2, 0.25) is 0 Å². The molecule has 5 rings (SSSR count). The van der Waals surface area contributed by atoms with Crippen LogP contribution in [-0.4, -0.2) is 9.97 Å². The highest BCUT2D eigenvalue weighted by Crippen LogP contribution is 2.37. The van der Waals surface area contributed by atoms with Crippen LogP contribution < -0.4 is 5.56 Å². The van der Waals surface area contributed by atoms with Gasteiger partial charge in [-0.1, -0.05) is 48.5 Å². The fraction of sp³-hybridized carbons (Fsp3) is 0. The Labute approximate surface area is 166 Å². The molecule has 3 aromatic heterocycles. The van der Waals surface area contributed by atoms with Crippen molar-refractivity contribution >= 4 is 22.2 Å². The third kappa shape index (κ3) is 2.84. The van der Waals surface area contributed by atoms with Gasteiger partial charge in [-0.15, -0.1) is 11.3 Å². The number of hydrogen-bond acceptors (Lipinski definition) is 3. The molecule has 0 aliphatic carbocycles. The molecule has 134 valence electrons. The third-order valence-electron chi connectivity index (χ3n) is 4.80. The molecule has 3 heterocycles. The van der Waals surface area contributed by atoms with E-state index >= 15 is 0 Å². The average molecular weight is 380 g/mol. The van der Waals surface area contributed by atoms with Gasteiger partial charge in [0.05, 0.1) is 11.3 Å². The van der Waals surface area contributed by atoms with E-state index in [1.807, 2.05) is 66.0 Å². The van der Waals surface area contributed by atoms with Crippen LogP contribution in [0, 0.1) is 0 Å². The summed E-state index contributed by atoms with van der Waals surface area (Å²) in [5, 5.41) is 3.03. The number of nitrogens with zero attached hydrogens (tertiary/aromatic N) is 1. The Morgan fingerprint density at radius 1 is 0.786 bits per heavy atom. The topological polar surface area (TPSA) is 45.8 Å². The molecule has 5 aromatic rings. The first-order valence-corrected chi connectivity index (χ1v) is 9.90. The summed E-state index contributed by atoms with van der Waals surface area (Å²) >= 11 is 1.58. The van der Waals surface area contributed by atoms with Gasteiger partial charge in [0.15, 0.2) is 0 Å². The van der Waals surface area contributed by atoms with E-state index < -0.39 is 0 Å². The van der Waals surface area contributed by atoms with E-state index in [9.17, 15) is 4.79 Å². The minimum atomic E-state index is -0.0700. The highest BCUT2D eigenvalue weighted by atomic mass is 32.1. The van der Waals surface area contributed by atoms with Crippen LogP contribution in [0.25, 0.3) is 43.7 Å². The lowest BCUT2D eigenvalue weighted by Gasteiger charge is -2.13. The standard InChI is InChI=1S/C24H16N2OS/c27-24-23(21-12-6-14-28-21)22(18-9-1-2-11-20(18)26-24)17-8-5-7-16(15-17)19-10-3-4-13-25-19/h1-15H,(H,26,27). The molecule has 0 amide bonds. The highest BCUT2D eigenvalue weighted by Gasteiger charge is 2.17. The SMILES string of the molecule is O=c1[nH]c2ccccc2c(-c2cccc(-c3ccccn3)c2)c1-c1cccs1. The molecule has 1 N–H and O–H groups in total. The van der Waals surface area contributed by atoms with E-state index in [4.69, 9.17) is 0 Å². The molecule has 28 heavy (non-hydrogen) atoms. The second-order valence-electron chi connectivity index (χ2n) is 6.52. The molecule has 0 radical (unpaired) electrons. The second-order valence-corrected chi connectivity index (χ2v) is 7.47. The first kappa shape index (κ1) is 16.7. The third-order valence-corrected chi connectivity index (χ3v) is 5.69. The molecule has 0 fully saturated rings. The minimum absolute atomic E-state index is 0.0700. The minimum Gasteiger partial charge on any atom is -0.321 e. The Morgan fingerprint density at radius 3 is 2.46 bits per heavy atom. The maximum absolute atomic E-state index is 13.0. The number of benzene rings is 2. The predicted octanol–water partition coefficient (Wildman–Crippen LogP) is 5.99. The van der Waals surface area contributed by atoms with Crippen LogP contribution in [0.15, 0.2) is 95.2 Å². The summed E-state index contributed by atoms with van der Waals surface area (Å²) in [6, 6.07) is 26.1. The quantitative estimate of drug-likeness (QED) is 0.418. The van der Waals surface area contributed by atoms with Crippen LogP contribution in [0.5, 0.6) is 0 Å². The number of aromatic amines is 1. The summed E-state index contributed by atoms with van der Waals surface area (Å²) in [6.45, 7) is 0. The van der Waals surface area contributed by atoms with E-state index in [-0.39, 0.29) is 5.56 Å². The van der Waals surface area contributed by atoms with Gasteiger partial charge in [-0.3, -0.25) is 9.78 Å². The molecule has 0 saturated carbocycles. The van der Waals surface area contributed by atoms with Crippen molar-refractivity contribution in [2.75, 3.05) is 0 Å². The van der Waals surface area contributed by atoms with Crippen molar-refractivity contribution in [2.24, 2.45) is 0 Å². The molecule has 0 bridgehead atoms. The van der Waals surface area contributed by atoms with E-state index in [1.54, 1.807) is 17.5 Å². The van der Waals surface area contributed by atoms with Crippen molar-refractivity contribution in [2.45, 2.75) is 0 Å². The van der Waals surface area contributed by atoms with E-state index in [1.165, 1.54) is 0 Å². The van der Waals surface area contributed by atoms with Crippen LogP contribution in [-0.2, 0) is 0 Å². The van der Waals surface area contributed by atoms with Gasteiger partial charge in [-0.2, -0.15) is 0 Å². The maximum Gasteiger partial charge on any atom is 0.257 e. The number of rotatable bonds is 3. The molecule has 0 aliphatic heterocycles.